The zero-order valence-electron chi connectivity index (χ0n) is 10.4. The van der Waals surface area contributed by atoms with Gasteiger partial charge in [0, 0.05) is 5.56 Å². The minimum atomic E-state index is -2.16. The van der Waals surface area contributed by atoms with Gasteiger partial charge in [0.1, 0.15) is 6.29 Å². The van der Waals surface area contributed by atoms with E-state index in [9.17, 15) is 9.59 Å². The van der Waals surface area contributed by atoms with Crippen LogP contribution in [-0.2, 0) is 6.42 Å². The van der Waals surface area contributed by atoms with Crippen LogP contribution in [0.5, 0.6) is 0 Å². The molecular formula is C13H20O2Si. The van der Waals surface area contributed by atoms with Crippen molar-refractivity contribution in [2.24, 2.45) is 0 Å². The first-order valence-corrected chi connectivity index (χ1v) is 8.47. The lowest BCUT2D eigenvalue weighted by Gasteiger charge is -2.35. The van der Waals surface area contributed by atoms with E-state index in [1.165, 1.54) is 5.56 Å². The Bertz CT molecular complexity index is 361. The molecule has 0 aromatic heterocycles. The van der Waals surface area contributed by atoms with Gasteiger partial charge in [0.15, 0.2) is 8.32 Å². The van der Waals surface area contributed by atoms with Crippen LogP contribution in [0, 0.1) is 0 Å². The second-order valence-corrected chi connectivity index (χ2v) is 9.95. The van der Waals surface area contributed by atoms with Crippen LogP contribution in [0.15, 0.2) is 24.3 Å². The lowest BCUT2D eigenvalue weighted by molar-refractivity contribution is 0.112. The van der Waals surface area contributed by atoms with E-state index in [0.717, 1.165) is 12.7 Å². The van der Waals surface area contributed by atoms with Gasteiger partial charge in [-0.05, 0) is 30.1 Å². The maximum absolute atomic E-state index is 10.5. The Kier molecular flexibility index (Phi) is 3.71. The molecule has 0 amide bonds. The van der Waals surface area contributed by atoms with Crippen LogP contribution in [0.25, 0.3) is 0 Å². The summed E-state index contributed by atoms with van der Waals surface area (Å²) in [7, 11) is -2.16. The fraction of sp³-hybridized carbons (Fsp3) is 0.462. The van der Waals surface area contributed by atoms with Crippen molar-refractivity contribution in [1.29, 1.82) is 0 Å². The molecule has 0 atom stereocenters. The average Bonchev–Trinajstić information content (AvgIpc) is 2.16. The van der Waals surface area contributed by atoms with Gasteiger partial charge in [0.05, 0.1) is 0 Å². The second-order valence-electron chi connectivity index (χ2n) is 5.48. The molecule has 16 heavy (non-hydrogen) atoms. The summed E-state index contributed by atoms with van der Waals surface area (Å²) in [6.45, 7) is 8.14. The topological polar surface area (TPSA) is 37.3 Å². The van der Waals surface area contributed by atoms with Gasteiger partial charge in [-0.1, -0.05) is 38.1 Å². The van der Waals surface area contributed by atoms with Crippen molar-refractivity contribution in [2.75, 3.05) is 0 Å². The van der Waals surface area contributed by atoms with Gasteiger partial charge in [-0.25, -0.2) is 0 Å². The average molecular weight is 236 g/mol. The molecule has 0 aliphatic rings. The van der Waals surface area contributed by atoms with Crippen LogP contribution in [0.4, 0.5) is 0 Å². The predicted molar refractivity (Wildman–Crippen MR) is 69.3 cm³/mol. The van der Waals surface area contributed by atoms with Gasteiger partial charge in [-0.15, -0.1) is 0 Å². The summed E-state index contributed by atoms with van der Waals surface area (Å²) in [6.07, 6.45) is 1.70. The van der Waals surface area contributed by atoms with E-state index in [4.69, 9.17) is 0 Å². The highest BCUT2D eigenvalue weighted by molar-refractivity contribution is 6.72. The molecule has 0 saturated carbocycles. The van der Waals surface area contributed by atoms with Gasteiger partial charge >= 0.3 is 0 Å². The molecule has 0 bridgehead atoms. The number of hydrogen-bond acceptors (Lipinski definition) is 2. The zero-order valence-corrected chi connectivity index (χ0v) is 11.4. The Balaban J connectivity index is 2.84. The SMILES string of the molecule is CC(C)(Cc1ccc(C=O)cc1)[Si](C)(C)O. The van der Waals surface area contributed by atoms with E-state index >= 15 is 0 Å². The molecule has 3 heteroatoms. The molecule has 1 aromatic carbocycles. The summed E-state index contributed by atoms with van der Waals surface area (Å²) in [6, 6.07) is 7.58. The summed E-state index contributed by atoms with van der Waals surface area (Å²) in [4.78, 5) is 20.7. The first-order valence-electron chi connectivity index (χ1n) is 5.53. The van der Waals surface area contributed by atoms with Crippen LogP contribution in [-0.4, -0.2) is 19.4 Å². The minimum Gasteiger partial charge on any atom is -0.432 e. The molecule has 0 radical (unpaired) electrons. The van der Waals surface area contributed by atoms with E-state index in [1.54, 1.807) is 0 Å². The number of aldehydes is 1. The summed E-state index contributed by atoms with van der Waals surface area (Å²) >= 11 is 0. The number of carbonyl (C=O) groups is 1. The van der Waals surface area contributed by atoms with Gasteiger partial charge in [-0.3, -0.25) is 4.79 Å². The van der Waals surface area contributed by atoms with Crippen molar-refractivity contribution in [3.8, 4) is 0 Å². The number of carbonyl (C=O) groups excluding carboxylic acids is 1. The molecule has 0 fully saturated rings. The van der Waals surface area contributed by atoms with Crippen LogP contribution in [0.3, 0.4) is 0 Å². The Labute approximate surface area is 98.4 Å². The maximum Gasteiger partial charge on any atom is 0.188 e. The molecule has 1 aromatic rings. The van der Waals surface area contributed by atoms with Crippen molar-refractivity contribution in [3.63, 3.8) is 0 Å². The predicted octanol–water partition coefficient (Wildman–Crippen LogP) is 3.02. The fourth-order valence-electron chi connectivity index (χ4n) is 1.44. The Morgan fingerprint density at radius 1 is 1.25 bits per heavy atom. The highest BCUT2D eigenvalue weighted by atomic mass is 28.4. The lowest BCUT2D eigenvalue weighted by atomic mass is 10.0. The van der Waals surface area contributed by atoms with Crippen LogP contribution >= 0.6 is 0 Å². The highest BCUT2D eigenvalue weighted by Gasteiger charge is 2.37. The molecular weight excluding hydrogens is 216 g/mol. The standard InChI is InChI=1S/C13H20O2Si/c1-13(2,16(3,4)15)9-11-5-7-12(10-14)8-6-11/h5-8,10,15H,9H2,1-4H3. The quantitative estimate of drug-likeness (QED) is 0.644. The molecule has 0 aliphatic carbocycles. The van der Waals surface area contributed by atoms with E-state index in [-0.39, 0.29) is 5.04 Å². The van der Waals surface area contributed by atoms with Crippen LogP contribution in [0.2, 0.25) is 18.1 Å². The Morgan fingerprint density at radius 2 is 1.75 bits per heavy atom. The second kappa shape index (κ2) is 4.51. The van der Waals surface area contributed by atoms with Gasteiger partial charge in [0.2, 0.25) is 0 Å². The summed E-state index contributed by atoms with van der Waals surface area (Å²) in [5.41, 5.74) is 1.87. The number of rotatable bonds is 4. The highest BCUT2D eigenvalue weighted by Crippen LogP contribution is 2.38. The summed E-state index contributed by atoms with van der Waals surface area (Å²) in [5.74, 6) is 0. The van der Waals surface area contributed by atoms with E-state index in [0.29, 0.717) is 5.56 Å². The minimum absolute atomic E-state index is 0.0598. The van der Waals surface area contributed by atoms with Crippen molar-refractivity contribution >= 4 is 14.6 Å². The first-order chi connectivity index (χ1) is 7.26. The van der Waals surface area contributed by atoms with E-state index in [2.05, 4.69) is 13.8 Å². The normalized spacial score (nSPS) is 12.6. The molecule has 0 heterocycles. The lowest BCUT2D eigenvalue weighted by Crippen LogP contribution is -2.40. The molecule has 0 unspecified atom stereocenters. The number of hydrogen-bond donors (Lipinski definition) is 1. The van der Waals surface area contributed by atoms with Gasteiger partial charge in [-0.2, -0.15) is 0 Å². The van der Waals surface area contributed by atoms with Crippen molar-refractivity contribution in [2.45, 2.75) is 38.4 Å². The number of benzene rings is 1. The fourth-order valence-corrected chi connectivity index (χ4v) is 2.08. The van der Waals surface area contributed by atoms with Crippen molar-refractivity contribution < 1.29 is 9.59 Å². The monoisotopic (exact) mass is 236 g/mol. The molecule has 88 valence electrons. The third kappa shape index (κ3) is 3.03. The first kappa shape index (κ1) is 13.1. The largest absolute Gasteiger partial charge is 0.432 e. The third-order valence-electron chi connectivity index (χ3n) is 3.42. The maximum atomic E-state index is 10.5. The molecule has 0 aliphatic heterocycles. The third-order valence-corrected chi connectivity index (χ3v) is 6.91. The van der Waals surface area contributed by atoms with Crippen molar-refractivity contribution in [1.82, 2.24) is 0 Å². The smallest absolute Gasteiger partial charge is 0.188 e. The summed E-state index contributed by atoms with van der Waals surface area (Å²) in [5, 5.41) is -0.0598. The summed E-state index contributed by atoms with van der Waals surface area (Å²) < 4.78 is 0. The van der Waals surface area contributed by atoms with E-state index in [1.807, 2.05) is 37.4 Å². The molecule has 1 N–H and O–H groups in total. The van der Waals surface area contributed by atoms with Gasteiger partial charge < -0.3 is 4.80 Å². The van der Waals surface area contributed by atoms with Crippen LogP contribution < -0.4 is 0 Å². The molecule has 0 spiro atoms. The Hall–Kier alpha value is -0.933. The molecule has 0 saturated heterocycles. The van der Waals surface area contributed by atoms with E-state index < -0.39 is 8.32 Å². The van der Waals surface area contributed by atoms with Crippen LogP contribution in [0.1, 0.15) is 29.8 Å². The molecule has 1 rings (SSSR count). The molecule has 2 nitrogen and oxygen atoms in total. The zero-order chi connectivity index (χ0) is 12.4. The van der Waals surface area contributed by atoms with Gasteiger partial charge in [0.25, 0.3) is 0 Å². The van der Waals surface area contributed by atoms with Crippen molar-refractivity contribution in [3.05, 3.63) is 35.4 Å². The Morgan fingerprint density at radius 3 is 2.12 bits per heavy atom.